The van der Waals surface area contributed by atoms with Gasteiger partial charge in [0.1, 0.15) is 0 Å². The van der Waals surface area contributed by atoms with Gasteiger partial charge >= 0.3 is 0 Å². The number of amides is 1. The standard InChI is InChI=1S/C15H19N5O.2ClH/c1-18-11-12(10-17-18)19-6-8-20(9-7-19)15(21)13-4-2-3-5-14(13)16;;/h2-5,10-11H,6-9,16H2,1H3;2*1H. The Morgan fingerprint density at radius 2 is 1.78 bits per heavy atom. The fourth-order valence-corrected chi connectivity index (χ4v) is 2.60. The number of carbonyl (C=O) groups excluding carboxylic acids is 1. The lowest BCUT2D eigenvalue weighted by atomic mass is 10.1. The lowest BCUT2D eigenvalue weighted by Crippen LogP contribution is -2.48. The maximum Gasteiger partial charge on any atom is 0.256 e. The highest BCUT2D eigenvalue weighted by atomic mass is 35.5. The molecule has 126 valence electrons. The summed E-state index contributed by atoms with van der Waals surface area (Å²) >= 11 is 0. The molecule has 2 N–H and O–H groups in total. The Labute approximate surface area is 148 Å². The van der Waals surface area contributed by atoms with Gasteiger partial charge in [0.15, 0.2) is 0 Å². The van der Waals surface area contributed by atoms with Crippen molar-refractivity contribution in [2.45, 2.75) is 0 Å². The van der Waals surface area contributed by atoms with Crippen molar-refractivity contribution in [2.24, 2.45) is 7.05 Å². The summed E-state index contributed by atoms with van der Waals surface area (Å²) in [4.78, 5) is 16.6. The fraction of sp³-hybridized carbons (Fsp3) is 0.333. The molecule has 0 unspecified atom stereocenters. The molecule has 0 atom stereocenters. The van der Waals surface area contributed by atoms with Gasteiger partial charge < -0.3 is 15.5 Å². The number of aryl methyl sites for hydroxylation is 1. The maximum absolute atomic E-state index is 12.5. The predicted molar refractivity (Wildman–Crippen MR) is 96.7 cm³/mol. The van der Waals surface area contributed by atoms with Crippen LogP contribution in [0.5, 0.6) is 0 Å². The molecule has 1 saturated heterocycles. The molecule has 2 heterocycles. The van der Waals surface area contributed by atoms with Gasteiger partial charge in [0.2, 0.25) is 0 Å². The zero-order valence-electron chi connectivity index (χ0n) is 12.9. The minimum atomic E-state index is 0. The lowest BCUT2D eigenvalue weighted by Gasteiger charge is -2.35. The van der Waals surface area contributed by atoms with Crippen molar-refractivity contribution in [3.8, 4) is 0 Å². The molecule has 0 saturated carbocycles. The number of para-hydroxylation sites is 1. The van der Waals surface area contributed by atoms with E-state index in [1.54, 1.807) is 16.8 Å². The molecule has 0 spiro atoms. The van der Waals surface area contributed by atoms with Crippen LogP contribution in [-0.4, -0.2) is 46.8 Å². The Morgan fingerprint density at radius 1 is 1.13 bits per heavy atom. The molecular formula is C15H21Cl2N5O. The molecule has 1 aliphatic heterocycles. The summed E-state index contributed by atoms with van der Waals surface area (Å²) in [5.41, 5.74) is 8.11. The number of rotatable bonds is 2. The Bertz CT molecular complexity index is 653. The second kappa shape index (κ2) is 8.08. The largest absolute Gasteiger partial charge is 0.398 e. The Hall–Kier alpha value is -1.92. The number of benzene rings is 1. The summed E-state index contributed by atoms with van der Waals surface area (Å²) in [6, 6.07) is 7.23. The van der Waals surface area contributed by atoms with Gasteiger partial charge in [-0.05, 0) is 12.1 Å². The highest BCUT2D eigenvalue weighted by molar-refractivity contribution is 5.99. The van der Waals surface area contributed by atoms with Crippen LogP contribution in [0.25, 0.3) is 0 Å². The van der Waals surface area contributed by atoms with Crippen LogP contribution >= 0.6 is 24.8 Å². The number of anilines is 2. The zero-order chi connectivity index (χ0) is 14.8. The zero-order valence-corrected chi connectivity index (χ0v) is 14.5. The van der Waals surface area contributed by atoms with E-state index in [-0.39, 0.29) is 30.7 Å². The molecule has 8 heteroatoms. The highest BCUT2D eigenvalue weighted by Gasteiger charge is 2.23. The molecule has 3 rings (SSSR count). The molecule has 1 fully saturated rings. The number of nitrogens with two attached hydrogens (primary N) is 1. The minimum absolute atomic E-state index is 0. The number of hydrogen-bond donors (Lipinski definition) is 1. The molecule has 1 aromatic heterocycles. The summed E-state index contributed by atoms with van der Waals surface area (Å²) in [5, 5.41) is 4.18. The number of nitrogen functional groups attached to an aromatic ring is 1. The first-order valence-corrected chi connectivity index (χ1v) is 7.02. The average Bonchev–Trinajstić information content (AvgIpc) is 2.94. The Morgan fingerprint density at radius 3 is 2.35 bits per heavy atom. The van der Waals surface area contributed by atoms with E-state index in [1.165, 1.54) is 0 Å². The van der Waals surface area contributed by atoms with Crippen molar-refractivity contribution in [1.82, 2.24) is 14.7 Å². The summed E-state index contributed by atoms with van der Waals surface area (Å²) in [6.07, 6.45) is 3.85. The average molecular weight is 358 g/mol. The Balaban J connectivity index is 0.00000132. The van der Waals surface area contributed by atoms with Crippen LogP contribution in [0.4, 0.5) is 11.4 Å². The second-order valence-corrected chi connectivity index (χ2v) is 5.24. The monoisotopic (exact) mass is 357 g/mol. The van der Waals surface area contributed by atoms with Gasteiger partial charge in [-0.1, -0.05) is 12.1 Å². The molecule has 1 aliphatic rings. The number of nitrogens with zero attached hydrogens (tertiary/aromatic N) is 4. The van der Waals surface area contributed by atoms with Crippen LogP contribution in [0.3, 0.4) is 0 Å². The number of carbonyl (C=O) groups is 1. The van der Waals surface area contributed by atoms with E-state index in [4.69, 9.17) is 5.73 Å². The molecule has 0 bridgehead atoms. The normalized spacial score (nSPS) is 14.0. The summed E-state index contributed by atoms with van der Waals surface area (Å²) < 4.78 is 1.79. The van der Waals surface area contributed by atoms with Crippen molar-refractivity contribution in [2.75, 3.05) is 36.8 Å². The molecule has 6 nitrogen and oxygen atoms in total. The number of halogens is 2. The molecular weight excluding hydrogens is 337 g/mol. The Kier molecular flexibility index (Phi) is 6.72. The summed E-state index contributed by atoms with van der Waals surface area (Å²) in [6.45, 7) is 3.01. The van der Waals surface area contributed by atoms with Crippen LogP contribution in [0, 0.1) is 0 Å². The highest BCUT2D eigenvalue weighted by Crippen LogP contribution is 2.18. The van der Waals surface area contributed by atoms with E-state index in [1.807, 2.05) is 36.5 Å². The minimum Gasteiger partial charge on any atom is -0.398 e. The van der Waals surface area contributed by atoms with Gasteiger partial charge in [-0.3, -0.25) is 9.48 Å². The molecule has 1 aromatic carbocycles. The van der Waals surface area contributed by atoms with Gasteiger partial charge in [0, 0.05) is 45.1 Å². The van der Waals surface area contributed by atoms with Crippen molar-refractivity contribution >= 4 is 42.1 Å². The van der Waals surface area contributed by atoms with Crippen LogP contribution < -0.4 is 10.6 Å². The first-order chi connectivity index (χ1) is 10.1. The van der Waals surface area contributed by atoms with Gasteiger partial charge in [0.05, 0.1) is 17.4 Å². The van der Waals surface area contributed by atoms with E-state index < -0.39 is 0 Å². The second-order valence-electron chi connectivity index (χ2n) is 5.24. The smallest absolute Gasteiger partial charge is 0.256 e. The number of aromatic nitrogens is 2. The van der Waals surface area contributed by atoms with Crippen molar-refractivity contribution in [3.63, 3.8) is 0 Å². The van der Waals surface area contributed by atoms with Crippen LogP contribution in [0.15, 0.2) is 36.7 Å². The van der Waals surface area contributed by atoms with Gasteiger partial charge in [-0.2, -0.15) is 5.10 Å². The number of piperazine rings is 1. The molecule has 2 aromatic rings. The van der Waals surface area contributed by atoms with E-state index in [0.717, 1.165) is 18.8 Å². The van der Waals surface area contributed by atoms with Gasteiger partial charge in [-0.25, -0.2) is 0 Å². The van der Waals surface area contributed by atoms with Crippen molar-refractivity contribution in [1.29, 1.82) is 0 Å². The molecule has 23 heavy (non-hydrogen) atoms. The van der Waals surface area contributed by atoms with Crippen LogP contribution in [0.2, 0.25) is 0 Å². The van der Waals surface area contributed by atoms with E-state index in [9.17, 15) is 4.79 Å². The summed E-state index contributed by atoms with van der Waals surface area (Å²) in [5.74, 6) is 0.0129. The quantitative estimate of drug-likeness (QED) is 0.832. The SMILES string of the molecule is Cl.Cl.Cn1cc(N2CCN(C(=O)c3ccccc3N)CC2)cn1. The first-order valence-electron chi connectivity index (χ1n) is 7.02. The maximum atomic E-state index is 12.5. The third-order valence-corrected chi connectivity index (χ3v) is 3.81. The number of hydrogen-bond acceptors (Lipinski definition) is 4. The van der Waals surface area contributed by atoms with Crippen LogP contribution in [0.1, 0.15) is 10.4 Å². The van der Waals surface area contributed by atoms with E-state index in [2.05, 4.69) is 10.00 Å². The van der Waals surface area contributed by atoms with Crippen molar-refractivity contribution in [3.05, 3.63) is 42.2 Å². The summed E-state index contributed by atoms with van der Waals surface area (Å²) in [7, 11) is 1.90. The fourth-order valence-electron chi connectivity index (χ4n) is 2.60. The van der Waals surface area contributed by atoms with Gasteiger partial charge in [0.25, 0.3) is 5.91 Å². The predicted octanol–water partition coefficient (Wildman–Crippen LogP) is 1.81. The lowest BCUT2D eigenvalue weighted by molar-refractivity contribution is 0.0748. The van der Waals surface area contributed by atoms with Gasteiger partial charge in [-0.15, -0.1) is 24.8 Å². The van der Waals surface area contributed by atoms with E-state index >= 15 is 0 Å². The third kappa shape index (κ3) is 4.09. The molecule has 1 amide bonds. The van der Waals surface area contributed by atoms with E-state index in [0.29, 0.717) is 24.3 Å². The first kappa shape index (κ1) is 19.1. The third-order valence-electron chi connectivity index (χ3n) is 3.81. The topological polar surface area (TPSA) is 67.4 Å². The van der Waals surface area contributed by atoms with Crippen LogP contribution in [-0.2, 0) is 7.05 Å². The molecule has 0 aliphatic carbocycles. The molecule has 0 radical (unpaired) electrons. The van der Waals surface area contributed by atoms with Crippen molar-refractivity contribution < 1.29 is 4.79 Å².